The lowest BCUT2D eigenvalue weighted by atomic mass is 10.1. The summed E-state index contributed by atoms with van der Waals surface area (Å²) in [5.74, 6) is -0.845. The highest BCUT2D eigenvalue weighted by Gasteiger charge is 2.32. The zero-order valence-corrected chi connectivity index (χ0v) is 19.6. The van der Waals surface area contributed by atoms with Crippen LogP contribution in [0.25, 0.3) is 0 Å². The second-order valence-electron chi connectivity index (χ2n) is 7.28. The number of rotatable bonds is 9. The minimum atomic E-state index is -3.78. The summed E-state index contributed by atoms with van der Waals surface area (Å²) in [5.41, 5.74) is 0.955. The smallest absolute Gasteiger partial charge is 0.253 e. The highest BCUT2D eigenvalue weighted by Crippen LogP contribution is 2.25. The fourth-order valence-electron chi connectivity index (χ4n) is 3.06. The third kappa shape index (κ3) is 6.45. The Hall–Kier alpha value is -2.58. The van der Waals surface area contributed by atoms with Crippen molar-refractivity contribution in [3.63, 3.8) is 0 Å². The van der Waals surface area contributed by atoms with Crippen molar-refractivity contribution < 1.29 is 18.0 Å². The van der Waals surface area contributed by atoms with Crippen LogP contribution >= 0.6 is 11.6 Å². The summed E-state index contributed by atoms with van der Waals surface area (Å²) in [6, 6.07) is 11.8. The number of nitrogens with zero attached hydrogens (tertiary/aromatic N) is 1. The third-order valence-corrected chi connectivity index (χ3v) is 6.26. The maximum Gasteiger partial charge on any atom is 0.253 e. The molecule has 0 aliphatic rings. The predicted molar refractivity (Wildman–Crippen MR) is 125 cm³/mol. The van der Waals surface area contributed by atoms with E-state index in [4.69, 9.17) is 11.6 Å². The van der Waals surface area contributed by atoms with Crippen LogP contribution in [0.1, 0.15) is 44.0 Å². The number of carbonyl (C=O) groups excluding carboxylic acids is 2. The Labute approximate surface area is 188 Å². The number of carbonyl (C=O) groups is 2. The molecule has 0 heterocycles. The van der Waals surface area contributed by atoms with Crippen molar-refractivity contribution in [2.45, 2.75) is 45.7 Å². The van der Waals surface area contributed by atoms with Crippen molar-refractivity contribution >= 4 is 44.8 Å². The number of anilines is 2. The molecule has 0 saturated heterocycles. The molecular weight excluding hydrogens is 438 g/mol. The van der Waals surface area contributed by atoms with E-state index in [1.54, 1.807) is 55.5 Å². The van der Waals surface area contributed by atoms with Crippen molar-refractivity contribution in [2.75, 3.05) is 15.9 Å². The Morgan fingerprint density at radius 3 is 2.19 bits per heavy atom. The molecule has 2 N–H and O–H groups in total. The van der Waals surface area contributed by atoms with Crippen LogP contribution in [0.5, 0.6) is 0 Å². The predicted octanol–water partition coefficient (Wildman–Crippen LogP) is 4.05. The van der Waals surface area contributed by atoms with Gasteiger partial charge in [0.15, 0.2) is 0 Å². The molecule has 0 unspecified atom stereocenters. The first-order chi connectivity index (χ1) is 14.6. The Bertz CT molecular complexity index is 1030. The van der Waals surface area contributed by atoms with Gasteiger partial charge < -0.3 is 10.6 Å². The summed E-state index contributed by atoms with van der Waals surface area (Å²) >= 11 is 5.92. The van der Waals surface area contributed by atoms with Crippen LogP contribution in [0.4, 0.5) is 11.4 Å². The van der Waals surface area contributed by atoms with E-state index >= 15 is 0 Å². The fourth-order valence-corrected chi connectivity index (χ4v) is 4.40. The van der Waals surface area contributed by atoms with Gasteiger partial charge in [-0.3, -0.25) is 13.9 Å². The largest absolute Gasteiger partial charge is 0.350 e. The topological polar surface area (TPSA) is 95.6 Å². The van der Waals surface area contributed by atoms with Gasteiger partial charge in [-0.05, 0) is 56.2 Å². The van der Waals surface area contributed by atoms with E-state index < -0.39 is 22.0 Å². The van der Waals surface area contributed by atoms with Gasteiger partial charge in [-0.1, -0.05) is 37.6 Å². The van der Waals surface area contributed by atoms with Gasteiger partial charge >= 0.3 is 0 Å². The molecule has 2 atom stereocenters. The summed E-state index contributed by atoms with van der Waals surface area (Å²) in [6.07, 6.45) is 2.04. The molecule has 31 heavy (non-hydrogen) atoms. The minimum absolute atomic E-state index is 0.0229. The molecule has 0 spiro atoms. The van der Waals surface area contributed by atoms with E-state index in [2.05, 4.69) is 10.6 Å². The van der Waals surface area contributed by atoms with Crippen molar-refractivity contribution in [3.05, 3.63) is 59.1 Å². The summed E-state index contributed by atoms with van der Waals surface area (Å²) in [4.78, 5) is 25.8. The van der Waals surface area contributed by atoms with E-state index in [0.717, 1.165) is 17.0 Å². The van der Waals surface area contributed by atoms with Gasteiger partial charge in [0.25, 0.3) is 5.91 Å². The second-order valence-corrected chi connectivity index (χ2v) is 9.57. The monoisotopic (exact) mass is 465 g/mol. The molecule has 168 valence electrons. The highest BCUT2D eigenvalue weighted by atomic mass is 35.5. The van der Waals surface area contributed by atoms with Crippen LogP contribution in [-0.4, -0.2) is 38.6 Å². The Balaban J connectivity index is 2.36. The standard InChI is InChI=1S/C22H28ClN3O4S/c1-5-15(3)24-21(27)18-9-7-8-10-19(18)25-22(28)20(6-2)26(31(4,29)30)17-13-11-16(23)12-14-17/h7-15,20H,5-6H2,1-4H3,(H,24,27)(H,25,28)/t15-,20+/m0/s1. The molecule has 0 radical (unpaired) electrons. The first-order valence-corrected chi connectivity index (χ1v) is 12.3. The Morgan fingerprint density at radius 1 is 1.03 bits per heavy atom. The fraction of sp³-hybridized carbons (Fsp3) is 0.364. The number of sulfonamides is 1. The van der Waals surface area contributed by atoms with E-state index in [1.807, 2.05) is 13.8 Å². The van der Waals surface area contributed by atoms with Gasteiger partial charge in [0.1, 0.15) is 6.04 Å². The first kappa shape index (κ1) is 24.7. The average Bonchev–Trinajstić information content (AvgIpc) is 2.72. The summed E-state index contributed by atoms with van der Waals surface area (Å²) in [7, 11) is -3.78. The number of hydrogen-bond acceptors (Lipinski definition) is 4. The maximum atomic E-state index is 13.2. The molecule has 2 aromatic carbocycles. The highest BCUT2D eigenvalue weighted by molar-refractivity contribution is 7.92. The van der Waals surface area contributed by atoms with E-state index in [-0.39, 0.29) is 18.4 Å². The molecule has 0 aliphatic heterocycles. The van der Waals surface area contributed by atoms with Crippen LogP contribution in [0.3, 0.4) is 0 Å². The lowest BCUT2D eigenvalue weighted by molar-refractivity contribution is -0.117. The van der Waals surface area contributed by atoms with Gasteiger partial charge in [-0.25, -0.2) is 8.42 Å². The molecule has 9 heteroatoms. The molecule has 0 bridgehead atoms. The van der Waals surface area contributed by atoms with E-state index in [0.29, 0.717) is 22.0 Å². The molecule has 2 amide bonds. The molecule has 2 rings (SSSR count). The summed E-state index contributed by atoms with van der Waals surface area (Å²) < 4.78 is 26.2. The van der Waals surface area contributed by atoms with Gasteiger partial charge in [0.05, 0.1) is 23.2 Å². The Morgan fingerprint density at radius 2 is 1.65 bits per heavy atom. The second kappa shape index (κ2) is 10.6. The molecule has 0 aliphatic carbocycles. The molecular formula is C22H28ClN3O4S. The van der Waals surface area contributed by atoms with Crippen molar-refractivity contribution in [1.82, 2.24) is 5.32 Å². The summed E-state index contributed by atoms with van der Waals surface area (Å²) in [6.45, 7) is 5.57. The van der Waals surface area contributed by atoms with Crippen LogP contribution < -0.4 is 14.9 Å². The molecule has 0 aromatic heterocycles. The molecule has 0 fully saturated rings. The van der Waals surface area contributed by atoms with Crippen LogP contribution in [0.2, 0.25) is 5.02 Å². The molecule has 0 saturated carbocycles. The van der Waals surface area contributed by atoms with Gasteiger partial charge in [0, 0.05) is 11.1 Å². The van der Waals surface area contributed by atoms with Crippen molar-refractivity contribution in [2.24, 2.45) is 0 Å². The lowest BCUT2D eigenvalue weighted by Gasteiger charge is -2.30. The minimum Gasteiger partial charge on any atom is -0.350 e. The molecule has 2 aromatic rings. The summed E-state index contributed by atoms with van der Waals surface area (Å²) in [5, 5.41) is 6.06. The Kier molecular flexibility index (Phi) is 8.47. The number of para-hydroxylation sites is 1. The zero-order valence-electron chi connectivity index (χ0n) is 18.1. The molecule has 7 nitrogen and oxygen atoms in total. The van der Waals surface area contributed by atoms with Crippen molar-refractivity contribution in [1.29, 1.82) is 0 Å². The maximum absolute atomic E-state index is 13.2. The van der Waals surface area contributed by atoms with Crippen LogP contribution in [0.15, 0.2) is 48.5 Å². The number of hydrogen-bond donors (Lipinski definition) is 2. The SMILES string of the molecule is CC[C@H](C(=O)Nc1ccccc1C(=O)N[C@@H](C)CC)N(c1ccc(Cl)cc1)S(C)(=O)=O. The first-order valence-electron chi connectivity index (χ1n) is 10.0. The lowest BCUT2D eigenvalue weighted by Crippen LogP contribution is -2.47. The quantitative estimate of drug-likeness (QED) is 0.583. The zero-order chi connectivity index (χ0) is 23.2. The van der Waals surface area contributed by atoms with E-state index in [9.17, 15) is 18.0 Å². The number of halogens is 1. The number of benzene rings is 2. The number of amides is 2. The normalized spacial score (nSPS) is 13.2. The van der Waals surface area contributed by atoms with Crippen LogP contribution in [-0.2, 0) is 14.8 Å². The van der Waals surface area contributed by atoms with Gasteiger partial charge in [-0.2, -0.15) is 0 Å². The number of nitrogens with one attached hydrogen (secondary N) is 2. The van der Waals surface area contributed by atoms with Crippen LogP contribution in [0, 0.1) is 0 Å². The third-order valence-electron chi connectivity index (χ3n) is 4.83. The van der Waals surface area contributed by atoms with Crippen molar-refractivity contribution in [3.8, 4) is 0 Å². The average molecular weight is 466 g/mol. The van der Waals surface area contributed by atoms with E-state index in [1.165, 1.54) is 0 Å². The van der Waals surface area contributed by atoms with Gasteiger partial charge in [0.2, 0.25) is 15.9 Å². The van der Waals surface area contributed by atoms with Gasteiger partial charge in [-0.15, -0.1) is 0 Å².